The molecule has 0 aliphatic rings. The predicted octanol–water partition coefficient (Wildman–Crippen LogP) is 2.83. The van der Waals surface area contributed by atoms with E-state index in [2.05, 4.69) is 48.0 Å². The molecule has 0 amide bonds. The van der Waals surface area contributed by atoms with Crippen molar-refractivity contribution < 1.29 is 9.90 Å². The second-order valence-corrected chi connectivity index (χ2v) is 7.20. The van der Waals surface area contributed by atoms with Crippen molar-refractivity contribution in [3.63, 3.8) is 0 Å². The van der Waals surface area contributed by atoms with Crippen LogP contribution in [0.25, 0.3) is 0 Å². The molecule has 0 fully saturated rings. The lowest BCUT2D eigenvalue weighted by Gasteiger charge is -2.25. The number of hydrogen-bond donors (Lipinski definition) is 2. The number of aliphatic carboxylic acids is 1. The molecule has 1 heterocycles. The van der Waals surface area contributed by atoms with Gasteiger partial charge < -0.3 is 15.3 Å². The number of carboxylic acid groups (broad SMARTS) is 1. The summed E-state index contributed by atoms with van der Waals surface area (Å²) in [4.78, 5) is 26.3. The van der Waals surface area contributed by atoms with Gasteiger partial charge in [0.05, 0.1) is 0 Å². The average Bonchev–Trinajstić information content (AvgIpc) is 2.48. The Labute approximate surface area is 144 Å². The Balaban J connectivity index is 3.11. The van der Waals surface area contributed by atoms with Crippen molar-refractivity contribution in [1.82, 2.24) is 15.0 Å². The van der Waals surface area contributed by atoms with Crippen LogP contribution in [0.4, 0.5) is 11.9 Å². The standard InChI is InChI=1S/C17H31N5O2/c1-11(2)7-8-14-19-16(18-9-12(3)4)21-17(20-14)22(13(5)6)10-15(23)24/h11-13H,7-10H2,1-6H3,(H,23,24)(H,18,19,20,21). The molecule has 7 nitrogen and oxygen atoms in total. The van der Waals surface area contributed by atoms with Gasteiger partial charge in [-0.2, -0.15) is 15.0 Å². The van der Waals surface area contributed by atoms with Crippen molar-refractivity contribution >= 4 is 17.9 Å². The van der Waals surface area contributed by atoms with E-state index in [9.17, 15) is 4.79 Å². The normalized spacial score (nSPS) is 11.4. The monoisotopic (exact) mass is 337 g/mol. The highest BCUT2D eigenvalue weighted by Crippen LogP contribution is 2.16. The smallest absolute Gasteiger partial charge is 0.323 e. The van der Waals surface area contributed by atoms with Crippen LogP contribution in [0.5, 0.6) is 0 Å². The van der Waals surface area contributed by atoms with Crippen LogP contribution in [-0.2, 0) is 11.2 Å². The van der Waals surface area contributed by atoms with E-state index >= 15 is 0 Å². The third kappa shape index (κ3) is 7.10. The maximum Gasteiger partial charge on any atom is 0.323 e. The Kier molecular flexibility index (Phi) is 7.88. The minimum Gasteiger partial charge on any atom is -0.480 e. The second-order valence-electron chi connectivity index (χ2n) is 7.20. The van der Waals surface area contributed by atoms with Crippen molar-refractivity contribution in [3.05, 3.63) is 5.82 Å². The number of aromatic nitrogens is 3. The minimum atomic E-state index is -0.899. The third-order valence-corrected chi connectivity index (χ3v) is 3.47. The van der Waals surface area contributed by atoms with E-state index in [1.165, 1.54) is 0 Å². The first-order chi connectivity index (χ1) is 11.2. The van der Waals surface area contributed by atoms with E-state index < -0.39 is 5.97 Å². The zero-order valence-electron chi connectivity index (χ0n) is 15.7. The number of aryl methyl sites for hydroxylation is 1. The van der Waals surface area contributed by atoms with Gasteiger partial charge in [0.1, 0.15) is 12.4 Å². The van der Waals surface area contributed by atoms with E-state index in [0.29, 0.717) is 29.6 Å². The Morgan fingerprint density at radius 2 is 1.75 bits per heavy atom. The average molecular weight is 337 g/mol. The van der Waals surface area contributed by atoms with Crippen molar-refractivity contribution in [3.8, 4) is 0 Å². The molecule has 7 heteroatoms. The molecule has 2 N–H and O–H groups in total. The Bertz CT molecular complexity index is 501. The summed E-state index contributed by atoms with van der Waals surface area (Å²) in [5.74, 6) is 1.76. The quantitative estimate of drug-likeness (QED) is 0.678. The molecule has 0 aromatic carbocycles. The van der Waals surface area contributed by atoms with Crippen molar-refractivity contribution in [2.75, 3.05) is 23.3 Å². The number of rotatable bonds is 10. The van der Waals surface area contributed by atoms with Crippen LogP contribution in [0.15, 0.2) is 0 Å². The highest BCUT2D eigenvalue weighted by atomic mass is 16.4. The Morgan fingerprint density at radius 3 is 2.25 bits per heavy atom. The van der Waals surface area contributed by atoms with E-state index in [4.69, 9.17) is 5.11 Å². The fourth-order valence-electron chi connectivity index (χ4n) is 2.07. The van der Waals surface area contributed by atoms with Crippen LogP contribution in [0.3, 0.4) is 0 Å². The van der Waals surface area contributed by atoms with Gasteiger partial charge in [0.25, 0.3) is 0 Å². The molecule has 136 valence electrons. The maximum absolute atomic E-state index is 11.2. The number of nitrogens with zero attached hydrogens (tertiary/aromatic N) is 4. The molecule has 1 aromatic heterocycles. The SMILES string of the molecule is CC(C)CCc1nc(NCC(C)C)nc(N(CC(=O)O)C(C)C)n1. The molecule has 0 radical (unpaired) electrons. The fraction of sp³-hybridized carbons (Fsp3) is 0.765. The summed E-state index contributed by atoms with van der Waals surface area (Å²) in [5.41, 5.74) is 0. The summed E-state index contributed by atoms with van der Waals surface area (Å²) in [6.07, 6.45) is 1.73. The molecule has 1 rings (SSSR count). The molecule has 0 unspecified atom stereocenters. The van der Waals surface area contributed by atoms with Crippen molar-refractivity contribution in [1.29, 1.82) is 0 Å². The van der Waals surface area contributed by atoms with E-state index in [-0.39, 0.29) is 12.6 Å². The molecule has 1 aromatic rings. The Morgan fingerprint density at radius 1 is 1.08 bits per heavy atom. The van der Waals surface area contributed by atoms with Gasteiger partial charge in [0.15, 0.2) is 0 Å². The summed E-state index contributed by atoms with van der Waals surface area (Å²) >= 11 is 0. The molecule has 0 aliphatic carbocycles. The van der Waals surface area contributed by atoms with Gasteiger partial charge >= 0.3 is 5.97 Å². The predicted molar refractivity (Wildman–Crippen MR) is 96.4 cm³/mol. The summed E-state index contributed by atoms with van der Waals surface area (Å²) in [7, 11) is 0. The van der Waals surface area contributed by atoms with Crippen LogP contribution in [0.1, 0.15) is 53.8 Å². The first-order valence-corrected chi connectivity index (χ1v) is 8.66. The number of hydrogen-bond acceptors (Lipinski definition) is 6. The van der Waals surface area contributed by atoms with Gasteiger partial charge in [-0.1, -0.05) is 27.7 Å². The van der Waals surface area contributed by atoms with Crippen molar-refractivity contribution in [2.45, 2.75) is 60.4 Å². The summed E-state index contributed by atoms with van der Waals surface area (Å²) in [6.45, 7) is 13.0. The number of nitrogens with one attached hydrogen (secondary N) is 1. The van der Waals surface area contributed by atoms with Crippen LogP contribution in [0.2, 0.25) is 0 Å². The van der Waals surface area contributed by atoms with Gasteiger partial charge in [0.2, 0.25) is 11.9 Å². The second kappa shape index (κ2) is 9.39. The number of carbonyl (C=O) groups is 1. The van der Waals surface area contributed by atoms with Crippen LogP contribution in [0, 0.1) is 11.8 Å². The lowest BCUT2D eigenvalue weighted by molar-refractivity contribution is -0.135. The van der Waals surface area contributed by atoms with Gasteiger partial charge in [-0.25, -0.2) is 0 Å². The van der Waals surface area contributed by atoms with E-state index in [0.717, 1.165) is 19.4 Å². The van der Waals surface area contributed by atoms with Gasteiger partial charge in [-0.3, -0.25) is 4.79 Å². The molecular formula is C17H31N5O2. The topological polar surface area (TPSA) is 91.2 Å². The van der Waals surface area contributed by atoms with Gasteiger partial charge in [0, 0.05) is 19.0 Å². The third-order valence-electron chi connectivity index (χ3n) is 3.47. The van der Waals surface area contributed by atoms with Gasteiger partial charge in [-0.15, -0.1) is 0 Å². The highest BCUT2D eigenvalue weighted by molar-refractivity contribution is 5.72. The molecule has 24 heavy (non-hydrogen) atoms. The van der Waals surface area contributed by atoms with E-state index in [1.807, 2.05) is 13.8 Å². The molecule has 0 aliphatic heterocycles. The first-order valence-electron chi connectivity index (χ1n) is 8.66. The molecule has 0 saturated heterocycles. The Hall–Kier alpha value is -1.92. The molecular weight excluding hydrogens is 306 g/mol. The van der Waals surface area contributed by atoms with Crippen LogP contribution < -0.4 is 10.2 Å². The molecule has 0 bridgehead atoms. The molecule has 0 atom stereocenters. The minimum absolute atomic E-state index is 0.0144. The van der Waals surface area contributed by atoms with Crippen LogP contribution in [-0.4, -0.2) is 45.2 Å². The summed E-state index contributed by atoms with van der Waals surface area (Å²) < 4.78 is 0. The number of anilines is 2. The lowest BCUT2D eigenvalue weighted by atomic mass is 10.1. The molecule has 0 spiro atoms. The summed E-state index contributed by atoms with van der Waals surface area (Å²) in [5, 5.41) is 12.4. The lowest BCUT2D eigenvalue weighted by Crippen LogP contribution is -2.37. The van der Waals surface area contributed by atoms with E-state index in [1.54, 1.807) is 4.90 Å². The molecule has 0 saturated carbocycles. The zero-order chi connectivity index (χ0) is 18.3. The maximum atomic E-state index is 11.2. The fourth-order valence-corrected chi connectivity index (χ4v) is 2.07. The zero-order valence-corrected chi connectivity index (χ0v) is 15.7. The highest BCUT2D eigenvalue weighted by Gasteiger charge is 2.19. The first kappa shape index (κ1) is 20.1. The van der Waals surface area contributed by atoms with Crippen LogP contribution >= 0.6 is 0 Å². The van der Waals surface area contributed by atoms with Crippen molar-refractivity contribution in [2.24, 2.45) is 11.8 Å². The number of carboxylic acids is 1. The largest absolute Gasteiger partial charge is 0.480 e. The summed E-state index contributed by atoms with van der Waals surface area (Å²) in [6, 6.07) is -0.0144. The van der Waals surface area contributed by atoms with Gasteiger partial charge in [-0.05, 0) is 32.1 Å².